The molecule has 38 heavy (non-hydrogen) atoms. The third-order valence-electron chi connectivity index (χ3n) is 7.06. The van der Waals surface area contributed by atoms with E-state index in [0.717, 1.165) is 52.4 Å². The molecular weight excluding hydrogens is 496 g/mol. The summed E-state index contributed by atoms with van der Waals surface area (Å²) in [7, 11) is 3.82. The monoisotopic (exact) mass is 545 g/mol. The number of likely N-dealkylation sites (N-methyl/N-ethyl adjacent to an activating group) is 2. The fourth-order valence-corrected chi connectivity index (χ4v) is 4.73. The summed E-state index contributed by atoms with van der Waals surface area (Å²) >= 11 is 0. The van der Waals surface area contributed by atoms with Gasteiger partial charge in [0.1, 0.15) is 0 Å². The maximum absolute atomic E-state index is 12.8. The van der Waals surface area contributed by atoms with Crippen LogP contribution in [-0.2, 0) is 38.4 Å². The standard InChI is InChI=1S/C26H49N4O8/c1-22(2)28(6)26(25(21-31,37-23(3)32)38-24(4)33,36-18-8-10-30-15-19-34-20-16-30)35-17-7-9-29-13-11-27(5)12-14-29/h22H,7-21H2,1-6H3. The van der Waals surface area contributed by atoms with Gasteiger partial charge in [-0.15, -0.1) is 0 Å². The zero-order valence-electron chi connectivity index (χ0n) is 24.2. The molecule has 0 aromatic carbocycles. The highest BCUT2D eigenvalue weighted by atomic mass is 16.8. The summed E-state index contributed by atoms with van der Waals surface area (Å²) in [5, 5.41) is 12.8. The molecule has 2 fully saturated rings. The second-order valence-electron chi connectivity index (χ2n) is 10.4. The van der Waals surface area contributed by atoms with Crippen LogP contribution in [0.15, 0.2) is 0 Å². The molecule has 12 heteroatoms. The van der Waals surface area contributed by atoms with Crippen molar-refractivity contribution >= 4 is 11.9 Å². The molecule has 221 valence electrons. The van der Waals surface area contributed by atoms with Crippen LogP contribution in [-0.4, -0.2) is 149 Å². The van der Waals surface area contributed by atoms with Gasteiger partial charge in [0.05, 0.1) is 26.4 Å². The molecule has 0 amide bonds. The normalized spacial score (nSPS) is 20.0. The van der Waals surface area contributed by atoms with Crippen molar-refractivity contribution in [1.82, 2.24) is 19.6 Å². The van der Waals surface area contributed by atoms with Gasteiger partial charge >= 0.3 is 23.6 Å². The molecular formula is C26H49N4O8. The Labute approximate surface area is 228 Å². The van der Waals surface area contributed by atoms with E-state index >= 15 is 0 Å². The first-order chi connectivity index (χ1) is 18.0. The second-order valence-corrected chi connectivity index (χ2v) is 10.4. The lowest BCUT2D eigenvalue weighted by Gasteiger charge is -2.50. The van der Waals surface area contributed by atoms with Gasteiger partial charge in [0.15, 0.2) is 6.61 Å². The third-order valence-corrected chi connectivity index (χ3v) is 7.06. The molecule has 1 radical (unpaired) electrons. The van der Waals surface area contributed by atoms with Crippen LogP contribution in [0.25, 0.3) is 0 Å². The maximum atomic E-state index is 12.8. The van der Waals surface area contributed by atoms with E-state index in [0.29, 0.717) is 26.1 Å². The molecule has 0 N–H and O–H groups in total. The summed E-state index contributed by atoms with van der Waals surface area (Å²) in [6.45, 7) is 14.0. The Balaban J connectivity index is 2.26. The van der Waals surface area contributed by atoms with Crippen molar-refractivity contribution in [1.29, 1.82) is 0 Å². The lowest BCUT2D eigenvalue weighted by Crippen LogP contribution is -2.72. The molecule has 0 aromatic rings. The first-order valence-electron chi connectivity index (χ1n) is 13.7. The van der Waals surface area contributed by atoms with Crippen LogP contribution in [0.3, 0.4) is 0 Å². The largest absolute Gasteiger partial charge is 0.413 e. The summed E-state index contributed by atoms with van der Waals surface area (Å²) in [4.78, 5) is 33.1. The number of ether oxygens (including phenoxy) is 5. The van der Waals surface area contributed by atoms with Crippen LogP contribution in [0.5, 0.6) is 0 Å². The van der Waals surface area contributed by atoms with Gasteiger partial charge in [0, 0.05) is 72.2 Å². The van der Waals surface area contributed by atoms with E-state index in [1.54, 1.807) is 11.9 Å². The van der Waals surface area contributed by atoms with Crippen molar-refractivity contribution < 1.29 is 38.4 Å². The molecule has 0 aliphatic carbocycles. The average molecular weight is 546 g/mol. The van der Waals surface area contributed by atoms with Crippen molar-refractivity contribution in [2.75, 3.05) is 99.5 Å². The minimum Gasteiger partial charge on any atom is -0.413 e. The number of hydrogen-bond acceptors (Lipinski definition) is 11. The lowest BCUT2D eigenvalue weighted by atomic mass is 10.1. The number of rotatable bonds is 16. The van der Waals surface area contributed by atoms with E-state index in [1.807, 2.05) is 13.8 Å². The smallest absolute Gasteiger partial charge is 0.353 e. The van der Waals surface area contributed by atoms with Crippen LogP contribution < -0.4 is 0 Å². The van der Waals surface area contributed by atoms with Gasteiger partial charge in [-0.05, 0) is 40.8 Å². The molecule has 12 nitrogen and oxygen atoms in total. The Morgan fingerprint density at radius 2 is 1.34 bits per heavy atom. The van der Waals surface area contributed by atoms with E-state index in [4.69, 9.17) is 23.7 Å². The molecule has 1 unspecified atom stereocenters. The predicted molar refractivity (Wildman–Crippen MR) is 140 cm³/mol. The SMILES string of the molecule is CC(=O)OC(C[O])(OC(C)=O)C(OCCCN1CCOCC1)(OCCCN1CCN(C)CC1)N(C)C(C)C. The molecule has 2 heterocycles. The Hall–Kier alpha value is -1.38. The van der Waals surface area contributed by atoms with E-state index < -0.39 is 30.2 Å². The van der Waals surface area contributed by atoms with Gasteiger partial charge in [-0.1, -0.05) is 0 Å². The predicted octanol–water partition coefficient (Wildman–Crippen LogP) is 0.626. The van der Waals surface area contributed by atoms with Gasteiger partial charge in [-0.25, -0.2) is 10.0 Å². The summed E-state index contributed by atoms with van der Waals surface area (Å²) in [5.41, 5.74) is 0. The quantitative estimate of drug-likeness (QED) is 0.155. The van der Waals surface area contributed by atoms with Crippen molar-refractivity contribution in [2.24, 2.45) is 0 Å². The molecule has 0 aromatic heterocycles. The second kappa shape index (κ2) is 16.0. The summed E-state index contributed by atoms with van der Waals surface area (Å²) in [5.74, 6) is -5.83. The Morgan fingerprint density at radius 1 is 0.868 bits per heavy atom. The minimum atomic E-state index is -2.34. The van der Waals surface area contributed by atoms with Crippen LogP contribution in [0, 0.1) is 0 Å². The van der Waals surface area contributed by atoms with Crippen LogP contribution >= 0.6 is 0 Å². The lowest BCUT2D eigenvalue weighted by molar-refractivity contribution is -0.446. The van der Waals surface area contributed by atoms with E-state index in [9.17, 15) is 14.7 Å². The van der Waals surface area contributed by atoms with Gasteiger partial charge in [-0.3, -0.25) is 14.5 Å². The van der Waals surface area contributed by atoms with Crippen molar-refractivity contribution in [3.63, 3.8) is 0 Å². The highest BCUT2D eigenvalue weighted by molar-refractivity contribution is 5.69. The summed E-state index contributed by atoms with van der Waals surface area (Å²) < 4.78 is 29.2. The molecule has 2 rings (SSSR count). The minimum absolute atomic E-state index is 0.192. The number of morpholine rings is 1. The Morgan fingerprint density at radius 3 is 1.76 bits per heavy atom. The molecule has 2 saturated heterocycles. The van der Waals surface area contributed by atoms with Crippen LogP contribution in [0.2, 0.25) is 0 Å². The van der Waals surface area contributed by atoms with Gasteiger partial charge in [0.2, 0.25) is 0 Å². The fraction of sp³-hybridized carbons (Fsp3) is 0.923. The van der Waals surface area contributed by atoms with Crippen molar-refractivity contribution in [3.05, 3.63) is 0 Å². The maximum Gasteiger partial charge on any atom is 0.353 e. The first kappa shape index (κ1) is 32.8. The number of carbonyl (C=O) groups excluding carboxylic acids is 2. The zero-order valence-corrected chi connectivity index (χ0v) is 24.2. The summed E-state index contributed by atoms with van der Waals surface area (Å²) in [6, 6.07) is -0.205. The molecule has 0 saturated carbocycles. The van der Waals surface area contributed by atoms with Gasteiger partial charge in [-0.2, -0.15) is 0 Å². The first-order valence-corrected chi connectivity index (χ1v) is 13.7. The van der Waals surface area contributed by atoms with E-state index in [2.05, 4.69) is 21.7 Å². The Bertz CT molecular complexity index is 697. The topological polar surface area (TPSA) is 113 Å². The molecule has 2 aliphatic rings. The number of carbonyl (C=O) groups is 2. The number of nitrogens with zero attached hydrogens (tertiary/aromatic N) is 4. The molecule has 0 spiro atoms. The van der Waals surface area contributed by atoms with Gasteiger partial charge in [0.25, 0.3) is 0 Å². The fourth-order valence-electron chi connectivity index (χ4n) is 4.73. The van der Waals surface area contributed by atoms with Gasteiger partial charge < -0.3 is 33.5 Å². The van der Waals surface area contributed by atoms with Crippen LogP contribution in [0.1, 0.15) is 40.5 Å². The highest BCUT2D eigenvalue weighted by Crippen LogP contribution is 2.38. The number of esters is 2. The van der Waals surface area contributed by atoms with E-state index in [-0.39, 0.29) is 19.3 Å². The van der Waals surface area contributed by atoms with Crippen molar-refractivity contribution in [3.8, 4) is 0 Å². The summed E-state index contributed by atoms with van der Waals surface area (Å²) in [6.07, 6.45) is 1.29. The molecule has 2 aliphatic heterocycles. The zero-order chi connectivity index (χ0) is 28.2. The Kier molecular flexibility index (Phi) is 13.8. The third kappa shape index (κ3) is 9.37. The molecule has 0 bridgehead atoms. The average Bonchev–Trinajstić information content (AvgIpc) is 2.88. The van der Waals surface area contributed by atoms with Crippen LogP contribution in [0.4, 0.5) is 0 Å². The highest BCUT2D eigenvalue weighted by Gasteiger charge is 2.64. The number of hydrogen-bond donors (Lipinski definition) is 0. The van der Waals surface area contributed by atoms with Crippen molar-refractivity contribution in [2.45, 2.75) is 58.3 Å². The number of piperazine rings is 1. The molecule has 1 atom stereocenters. The van der Waals surface area contributed by atoms with E-state index in [1.165, 1.54) is 13.8 Å².